The summed E-state index contributed by atoms with van der Waals surface area (Å²) < 4.78 is 13.7. The average molecular weight is 277 g/mol. The molecule has 19 heavy (non-hydrogen) atoms. The summed E-state index contributed by atoms with van der Waals surface area (Å²) in [5.41, 5.74) is 0.799. The van der Waals surface area contributed by atoms with Crippen LogP contribution in [0.15, 0.2) is 41.8 Å². The molecule has 0 aliphatic heterocycles. The predicted molar refractivity (Wildman–Crippen MR) is 80.2 cm³/mol. The molecule has 2 aromatic rings. The molecule has 1 aromatic carbocycles. The summed E-state index contributed by atoms with van der Waals surface area (Å²) in [5, 5.41) is 5.62. The Hall–Kier alpha value is -1.19. The van der Waals surface area contributed by atoms with Crippen molar-refractivity contribution < 1.29 is 4.39 Å². The van der Waals surface area contributed by atoms with Crippen molar-refractivity contribution in [3.8, 4) is 0 Å². The van der Waals surface area contributed by atoms with Crippen molar-refractivity contribution in [1.29, 1.82) is 0 Å². The molecule has 2 rings (SSSR count). The van der Waals surface area contributed by atoms with E-state index < -0.39 is 0 Å². The van der Waals surface area contributed by atoms with E-state index in [1.165, 1.54) is 10.9 Å². The molecule has 0 bridgehead atoms. The second-order valence-electron chi connectivity index (χ2n) is 4.73. The molecule has 102 valence electrons. The maximum Gasteiger partial charge on any atom is 0.126 e. The lowest BCUT2D eigenvalue weighted by Gasteiger charge is -2.18. The molecule has 0 amide bonds. The van der Waals surface area contributed by atoms with Crippen LogP contribution in [0.2, 0.25) is 0 Å². The maximum absolute atomic E-state index is 13.7. The number of rotatable bonds is 7. The molecule has 1 nitrogen and oxygen atoms in total. The van der Waals surface area contributed by atoms with E-state index in [2.05, 4.69) is 29.8 Å². The number of hydrogen-bond acceptors (Lipinski definition) is 2. The topological polar surface area (TPSA) is 12.0 Å². The first-order valence-electron chi connectivity index (χ1n) is 6.78. The van der Waals surface area contributed by atoms with Crippen LogP contribution in [0.3, 0.4) is 0 Å². The standard InChI is InChI=1S/C16H20FNS/c1-2-9-18-14(12-15-7-5-10-19-15)11-13-6-3-4-8-16(13)17/h3-8,10,14,18H,2,9,11-12H2,1H3. The van der Waals surface area contributed by atoms with Crippen molar-refractivity contribution in [2.45, 2.75) is 32.2 Å². The fourth-order valence-electron chi connectivity index (χ4n) is 2.17. The van der Waals surface area contributed by atoms with E-state index >= 15 is 0 Å². The summed E-state index contributed by atoms with van der Waals surface area (Å²) >= 11 is 1.77. The van der Waals surface area contributed by atoms with Crippen LogP contribution >= 0.6 is 11.3 Å². The summed E-state index contributed by atoms with van der Waals surface area (Å²) in [6.07, 6.45) is 2.80. The van der Waals surface area contributed by atoms with Crippen molar-refractivity contribution in [3.63, 3.8) is 0 Å². The van der Waals surface area contributed by atoms with Gasteiger partial charge >= 0.3 is 0 Å². The Morgan fingerprint density at radius 2 is 2.00 bits per heavy atom. The van der Waals surface area contributed by atoms with E-state index in [9.17, 15) is 4.39 Å². The Morgan fingerprint density at radius 3 is 2.68 bits per heavy atom. The third kappa shape index (κ3) is 4.44. The van der Waals surface area contributed by atoms with Crippen LogP contribution in [-0.2, 0) is 12.8 Å². The fraction of sp³-hybridized carbons (Fsp3) is 0.375. The van der Waals surface area contributed by atoms with Gasteiger partial charge in [0.25, 0.3) is 0 Å². The van der Waals surface area contributed by atoms with Crippen molar-refractivity contribution in [2.75, 3.05) is 6.54 Å². The third-order valence-corrected chi connectivity index (χ3v) is 4.03. The maximum atomic E-state index is 13.7. The Labute approximate surface area is 118 Å². The van der Waals surface area contributed by atoms with Crippen LogP contribution in [0.1, 0.15) is 23.8 Å². The lowest BCUT2D eigenvalue weighted by molar-refractivity contribution is 0.494. The lowest BCUT2D eigenvalue weighted by Crippen LogP contribution is -2.33. The zero-order valence-electron chi connectivity index (χ0n) is 11.2. The first-order valence-corrected chi connectivity index (χ1v) is 7.66. The summed E-state index contributed by atoms with van der Waals surface area (Å²) in [5.74, 6) is -0.100. The monoisotopic (exact) mass is 277 g/mol. The van der Waals surface area contributed by atoms with E-state index in [0.29, 0.717) is 6.04 Å². The SMILES string of the molecule is CCCNC(Cc1cccs1)Cc1ccccc1F. The van der Waals surface area contributed by atoms with Gasteiger partial charge in [-0.1, -0.05) is 31.2 Å². The molecule has 0 saturated carbocycles. The molecular formula is C16H20FNS. The minimum Gasteiger partial charge on any atom is -0.313 e. The smallest absolute Gasteiger partial charge is 0.126 e. The average Bonchev–Trinajstić information content (AvgIpc) is 2.91. The van der Waals surface area contributed by atoms with Crippen LogP contribution in [0.4, 0.5) is 4.39 Å². The third-order valence-electron chi connectivity index (χ3n) is 3.13. The van der Waals surface area contributed by atoms with Crippen LogP contribution in [-0.4, -0.2) is 12.6 Å². The Kier molecular flexibility index (Phi) is 5.55. The van der Waals surface area contributed by atoms with Gasteiger partial charge in [0.2, 0.25) is 0 Å². The Bertz CT molecular complexity index is 481. The van der Waals surface area contributed by atoms with Crippen molar-refractivity contribution in [1.82, 2.24) is 5.32 Å². The summed E-state index contributed by atoms with van der Waals surface area (Å²) in [6, 6.07) is 11.6. The highest BCUT2D eigenvalue weighted by atomic mass is 32.1. The first kappa shape index (κ1) is 14.2. The number of thiophene rings is 1. The minimum atomic E-state index is -0.100. The zero-order chi connectivity index (χ0) is 13.5. The normalized spacial score (nSPS) is 12.5. The van der Waals surface area contributed by atoms with E-state index in [4.69, 9.17) is 0 Å². The molecule has 1 N–H and O–H groups in total. The quantitative estimate of drug-likeness (QED) is 0.805. The van der Waals surface area contributed by atoms with Gasteiger partial charge in [0.1, 0.15) is 5.82 Å². The van der Waals surface area contributed by atoms with E-state index in [0.717, 1.165) is 31.4 Å². The van der Waals surface area contributed by atoms with Crippen LogP contribution < -0.4 is 5.32 Å². The zero-order valence-corrected chi connectivity index (χ0v) is 12.0. The fourth-order valence-corrected chi connectivity index (χ4v) is 2.95. The highest BCUT2D eigenvalue weighted by Gasteiger charge is 2.12. The summed E-state index contributed by atoms with van der Waals surface area (Å²) in [7, 11) is 0. The van der Waals surface area contributed by atoms with Gasteiger partial charge in [-0.25, -0.2) is 4.39 Å². The van der Waals surface area contributed by atoms with Crippen molar-refractivity contribution >= 4 is 11.3 Å². The van der Waals surface area contributed by atoms with Crippen molar-refractivity contribution in [3.05, 3.63) is 58.0 Å². The van der Waals surface area contributed by atoms with Gasteiger partial charge in [0.05, 0.1) is 0 Å². The molecule has 1 atom stereocenters. The highest BCUT2D eigenvalue weighted by Crippen LogP contribution is 2.15. The van der Waals surface area contributed by atoms with Gasteiger partial charge in [-0.05, 0) is 48.9 Å². The van der Waals surface area contributed by atoms with Crippen LogP contribution in [0, 0.1) is 5.82 Å². The molecule has 0 saturated heterocycles. The second-order valence-corrected chi connectivity index (χ2v) is 5.76. The number of hydrogen-bond donors (Lipinski definition) is 1. The number of benzene rings is 1. The highest BCUT2D eigenvalue weighted by molar-refractivity contribution is 7.09. The lowest BCUT2D eigenvalue weighted by atomic mass is 10.0. The van der Waals surface area contributed by atoms with Gasteiger partial charge < -0.3 is 5.32 Å². The molecule has 1 aromatic heterocycles. The number of halogens is 1. The van der Waals surface area contributed by atoms with E-state index in [1.807, 2.05) is 12.1 Å². The molecule has 0 fully saturated rings. The molecule has 0 spiro atoms. The molecule has 0 aliphatic rings. The van der Waals surface area contributed by atoms with Gasteiger partial charge in [-0.15, -0.1) is 11.3 Å². The van der Waals surface area contributed by atoms with Crippen LogP contribution in [0.5, 0.6) is 0 Å². The molecule has 1 heterocycles. The van der Waals surface area contributed by atoms with E-state index in [1.54, 1.807) is 17.4 Å². The predicted octanol–water partition coefficient (Wildman–Crippen LogP) is 4.04. The largest absolute Gasteiger partial charge is 0.313 e. The summed E-state index contributed by atoms with van der Waals surface area (Å²) in [6.45, 7) is 3.13. The number of nitrogens with one attached hydrogen (secondary N) is 1. The van der Waals surface area contributed by atoms with Gasteiger partial charge in [0.15, 0.2) is 0 Å². The molecule has 0 radical (unpaired) electrons. The molecule has 3 heteroatoms. The van der Waals surface area contributed by atoms with Gasteiger partial charge in [0, 0.05) is 10.9 Å². The molecular weight excluding hydrogens is 257 g/mol. The second kappa shape index (κ2) is 7.41. The van der Waals surface area contributed by atoms with Crippen molar-refractivity contribution in [2.24, 2.45) is 0 Å². The molecule has 1 unspecified atom stereocenters. The molecule has 0 aliphatic carbocycles. The summed E-state index contributed by atoms with van der Waals surface area (Å²) in [4.78, 5) is 1.35. The van der Waals surface area contributed by atoms with Crippen LogP contribution in [0.25, 0.3) is 0 Å². The van der Waals surface area contributed by atoms with E-state index in [-0.39, 0.29) is 5.82 Å². The van der Waals surface area contributed by atoms with Gasteiger partial charge in [-0.3, -0.25) is 0 Å². The van der Waals surface area contributed by atoms with Gasteiger partial charge in [-0.2, -0.15) is 0 Å². The minimum absolute atomic E-state index is 0.100. The Balaban J connectivity index is 2.03. The first-order chi connectivity index (χ1) is 9.29. The Morgan fingerprint density at radius 1 is 1.16 bits per heavy atom.